The fraction of sp³-hybridized carbons (Fsp3) is 0.968. The molecule has 0 aromatic heterocycles. The highest BCUT2D eigenvalue weighted by Gasteiger charge is 2.20. The second kappa shape index (κ2) is 58.4. The third-order valence-corrected chi connectivity index (χ3v) is 14.9. The van der Waals surface area contributed by atoms with Crippen LogP contribution in [0.1, 0.15) is 361 Å². The Hall–Kier alpha value is -1.14. The lowest BCUT2D eigenvalue weighted by Gasteiger charge is -2.22. The quantitative estimate of drug-likeness (QED) is 0.0417. The number of aliphatic hydroxyl groups is 2. The normalized spacial score (nSPS) is 12.5. The summed E-state index contributed by atoms with van der Waals surface area (Å²) < 4.78 is 5.47. The van der Waals surface area contributed by atoms with Crippen molar-refractivity contribution in [2.24, 2.45) is 0 Å². The van der Waals surface area contributed by atoms with Gasteiger partial charge in [0.1, 0.15) is 0 Å². The molecule has 406 valence electrons. The molecule has 0 bridgehead atoms. The van der Waals surface area contributed by atoms with Crippen molar-refractivity contribution in [3.8, 4) is 0 Å². The van der Waals surface area contributed by atoms with Gasteiger partial charge < -0.3 is 20.3 Å². The standard InChI is InChI=1S/C62H123NO5/c1-3-5-7-9-11-13-15-17-18-19-20-21-22-23-24-25-26-27-28-31-34-38-42-46-50-54-60(65)59(58-64)63-61(66)55-51-47-43-39-35-32-29-30-33-37-41-45-49-53-57-68-62(67)56-52-48-44-40-36-16-14-12-10-8-6-4-2/h59-60,64-65H,3-58H2,1-2H3,(H,63,66). The third kappa shape index (κ3) is 54.2. The maximum absolute atomic E-state index is 12.5. The molecule has 2 unspecified atom stereocenters. The lowest BCUT2D eigenvalue weighted by Crippen LogP contribution is -2.45. The van der Waals surface area contributed by atoms with Crippen molar-refractivity contribution in [2.45, 2.75) is 373 Å². The SMILES string of the molecule is CCCCCCCCCCCCCCCCCCCCCCCCCCCC(O)C(CO)NC(=O)CCCCCCCCCCCCCCCCOC(=O)CCCCCCCCCCCCCC. The van der Waals surface area contributed by atoms with Gasteiger partial charge in [-0.2, -0.15) is 0 Å². The molecule has 1 amide bonds. The molecule has 6 heteroatoms. The number of esters is 1. The first-order valence-electron chi connectivity index (χ1n) is 31.3. The van der Waals surface area contributed by atoms with E-state index in [4.69, 9.17) is 4.74 Å². The molecule has 0 saturated heterocycles. The van der Waals surface area contributed by atoms with Gasteiger partial charge in [-0.25, -0.2) is 0 Å². The third-order valence-electron chi connectivity index (χ3n) is 14.9. The van der Waals surface area contributed by atoms with Crippen LogP contribution in [0.5, 0.6) is 0 Å². The van der Waals surface area contributed by atoms with Gasteiger partial charge in [-0.1, -0.05) is 322 Å². The zero-order chi connectivity index (χ0) is 49.3. The molecule has 0 aromatic rings. The Kier molecular flexibility index (Phi) is 57.5. The van der Waals surface area contributed by atoms with Crippen molar-refractivity contribution in [1.82, 2.24) is 5.32 Å². The summed E-state index contributed by atoms with van der Waals surface area (Å²) in [6.45, 7) is 4.97. The van der Waals surface area contributed by atoms with Gasteiger partial charge in [-0.15, -0.1) is 0 Å². The number of amides is 1. The Morgan fingerprint density at radius 2 is 0.603 bits per heavy atom. The van der Waals surface area contributed by atoms with Crippen molar-refractivity contribution in [3.63, 3.8) is 0 Å². The molecule has 0 radical (unpaired) electrons. The van der Waals surface area contributed by atoms with E-state index >= 15 is 0 Å². The molecular formula is C62H123NO5. The van der Waals surface area contributed by atoms with Gasteiger partial charge >= 0.3 is 5.97 Å². The molecule has 0 rings (SSSR count). The highest BCUT2D eigenvalue weighted by molar-refractivity contribution is 5.76. The minimum atomic E-state index is -0.671. The highest BCUT2D eigenvalue weighted by atomic mass is 16.5. The van der Waals surface area contributed by atoms with Crippen molar-refractivity contribution in [3.05, 3.63) is 0 Å². The molecular weight excluding hydrogens is 839 g/mol. The van der Waals surface area contributed by atoms with Crippen molar-refractivity contribution in [1.29, 1.82) is 0 Å². The van der Waals surface area contributed by atoms with Crippen LogP contribution in [0.25, 0.3) is 0 Å². The van der Waals surface area contributed by atoms with Gasteiger partial charge in [-0.05, 0) is 25.7 Å². The van der Waals surface area contributed by atoms with Crippen molar-refractivity contribution in [2.75, 3.05) is 13.2 Å². The Bertz CT molecular complexity index is 975. The van der Waals surface area contributed by atoms with Crippen LogP contribution in [0.4, 0.5) is 0 Å². The average molecular weight is 963 g/mol. The zero-order valence-electron chi connectivity index (χ0n) is 46.4. The molecule has 0 saturated carbocycles. The summed E-state index contributed by atoms with van der Waals surface area (Å²) in [7, 11) is 0. The van der Waals surface area contributed by atoms with Gasteiger partial charge in [0.05, 0.1) is 25.4 Å². The molecule has 0 aliphatic rings. The van der Waals surface area contributed by atoms with Crippen LogP contribution in [0.3, 0.4) is 0 Å². The summed E-state index contributed by atoms with van der Waals surface area (Å²) in [6.07, 6.45) is 68.2. The number of unbranched alkanes of at least 4 members (excludes halogenated alkanes) is 48. The Morgan fingerprint density at radius 3 is 0.897 bits per heavy atom. The molecule has 2 atom stereocenters. The summed E-state index contributed by atoms with van der Waals surface area (Å²) in [5, 5.41) is 23.4. The van der Waals surface area contributed by atoms with Crippen LogP contribution in [-0.4, -0.2) is 47.4 Å². The molecule has 0 aliphatic heterocycles. The number of ether oxygens (including phenoxy) is 1. The molecule has 0 heterocycles. The number of hydrogen-bond acceptors (Lipinski definition) is 5. The zero-order valence-corrected chi connectivity index (χ0v) is 46.4. The summed E-state index contributed by atoms with van der Waals surface area (Å²) in [5.74, 6) is -0.0401. The fourth-order valence-electron chi connectivity index (χ4n) is 10.1. The first kappa shape index (κ1) is 66.9. The van der Waals surface area contributed by atoms with E-state index in [1.165, 1.54) is 276 Å². The monoisotopic (exact) mass is 962 g/mol. The predicted molar refractivity (Wildman–Crippen MR) is 297 cm³/mol. The van der Waals surface area contributed by atoms with Crippen molar-refractivity contribution >= 4 is 11.9 Å². The van der Waals surface area contributed by atoms with Gasteiger partial charge in [-0.3, -0.25) is 9.59 Å². The van der Waals surface area contributed by atoms with E-state index in [1.807, 2.05) is 0 Å². The number of carbonyl (C=O) groups is 2. The molecule has 6 nitrogen and oxygen atoms in total. The summed E-state index contributed by atoms with van der Waals surface area (Å²) >= 11 is 0. The van der Waals surface area contributed by atoms with E-state index in [1.54, 1.807) is 0 Å². The van der Waals surface area contributed by atoms with E-state index in [-0.39, 0.29) is 18.5 Å². The Labute approximate surface area is 426 Å². The maximum atomic E-state index is 12.5. The first-order valence-corrected chi connectivity index (χ1v) is 31.3. The van der Waals surface area contributed by atoms with Gasteiger partial charge in [0.25, 0.3) is 0 Å². The first-order chi connectivity index (χ1) is 33.5. The van der Waals surface area contributed by atoms with Gasteiger partial charge in [0.2, 0.25) is 5.91 Å². The number of carbonyl (C=O) groups excluding carboxylic acids is 2. The molecule has 0 aliphatic carbocycles. The number of aliphatic hydroxyl groups excluding tert-OH is 2. The van der Waals surface area contributed by atoms with E-state index in [2.05, 4.69) is 19.2 Å². The smallest absolute Gasteiger partial charge is 0.305 e. The lowest BCUT2D eigenvalue weighted by atomic mass is 10.0. The second-order valence-electron chi connectivity index (χ2n) is 21.8. The number of rotatable bonds is 59. The molecule has 0 fully saturated rings. The molecule has 0 aromatic carbocycles. The van der Waals surface area contributed by atoms with Crippen LogP contribution in [0, 0.1) is 0 Å². The van der Waals surface area contributed by atoms with Crippen molar-refractivity contribution < 1.29 is 24.5 Å². The van der Waals surface area contributed by atoms with Crippen LogP contribution < -0.4 is 5.32 Å². The largest absolute Gasteiger partial charge is 0.466 e. The van der Waals surface area contributed by atoms with Gasteiger partial charge in [0, 0.05) is 12.8 Å². The topological polar surface area (TPSA) is 95.9 Å². The van der Waals surface area contributed by atoms with Crippen LogP contribution >= 0.6 is 0 Å². The van der Waals surface area contributed by atoms with E-state index in [0.717, 1.165) is 51.4 Å². The van der Waals surface area contributed by atoms with E-state index in [0.29, 0.717) is 25.9 Å². The van der Waals surface area contributed by atoms with E-state index in [9.17, 15) is 19.8 Å². The Morgan fingerprint density at radius 1 is 0.353 bits per heavy atom. The minimum absolute atomic E-state index is 0.000154. The fourth-order valence-corrected chi connectivity index (χ4v) is 10.1. The minimum Gasteiger partial charge on any atom is -0.466 e. The molecule has 3 N–H and O–H groups in total. The van der Waals surface area contributed by atoms with Crippen LogP contribution in [0.2, 0.25) is 0 Å². The average Bonchev–Trinajstić information content (AvgIpc) is 3.34. The van der Waals surface area contributed by atoms with E-state index < -0.39 is 12.1 Å². The number of nitrogens with one attached hydrogen (secondary N) is 1. The number of hydrogen-bond donors (Lipinski definition) is 3. The van der Waals surface area contributed by atoms with Crippen LogP contribution in [-0.2, 0) is 14.3 Å². The Balaban J connectivity index is 3.42. The highest BCUT2D eigenvalue weighted by Crippen LogP contribution is 2.19. The summed E-state index contributed by atoms with van der Waals surface area (Å²) in [5.41, 5.74) is 0. The van der Waals surface area contributed by atoms with Crippen LogP contribution in [0.15, 0.2) is 0 Å². The summed E-state index contributed by atoms with van der Waals surface area (Å²) in [4.78, 5) is 24.5. The lowest BCUT2D eigenvalue weighted by molar-refractivity contribution is -0.143. The summed E-state index contributed by atoms with van der Waals surface area (Å²) in [6, 6.07) is -0.549. The second-order valence-corrected chi connectivity index (χ2v) is 21.8. The molecule has 0 spiro atoms. The predicted octanol–water partition coefficient (Wildman–Crippen LogP) is 19.5. The maximum Gasteiger partial charge on any atom is 0.305 e. The van der Waals surface area contributed by atoms with Gasteiger partial charge in [0.15, 0.2) is 0 Å². The molecule has 68 heavy (non-hydrogen) atoms.